The third-order valence-electron chi connectivity index (χ3n) is 6.47. The fourth-order valence-corrected chi connectivity index (χ4v) is 4.55. The van der Waals surface area contributed by atoms with E-state index in [1.165, 1.54) is 4.90 Å². The van der Waals surface area contributed by atoms with Gasteiger partial charge in [0.05, 0.1) is 0 Å². The van der Waals surface area contributed by atoms with Crippen LogP contribution in [0.2, 0.25) is 0 Å². The van der Waals surface area contributed by atoms with E-state index in [4.69, 9.17) is 5.90 Å². The number of hydrogen-bond donors (Lipinski definition) is 2. The van der Waals surface area contributed by atoms with E-state index >= 15 is 0 Å². The Bertz CT molecular complexity index is 797. The predicted octanol–water partition coefficient (Wildman–Crippen LogP) is 0.149. The maximum atomic E-state index is 14.0. The van der Waals surface area contributed by atoms with Crippen LogP contribution >= 0.6 is 0 Å². The van der Waals surface area contributed by atoms with Gasteiger partial charge in [-0.1, -0.05) is 50.1 Å². The minimum Gasteiger partial charge on any atom is -0.372 e. The molecule has 3 rings (SSSR count). The lowest BCUT2D eigenvalue weighted by atomic mass is 9.84. The van der Waals surface area contributed by atoms with Gasteiger partial charge >= 0.3 is 5.97 Å². The number of benzene rings is 1. The van der Waals surface area contributed by atoms with Gasteiger partial charge in [0.1, 0.15) is 6.04 Å². The number of carbonyl (C=O) groups excluding carboxylic acids is 3. The molecule has 176 valence electrons. The molecule has 9 heteroatoms. The largest absolute Gasteiger partial charge is 0.372 e. The smallest absolute Gasteiger partial charge is 0.347 e. The van der Waals surface area contributed by atoms with Gasteiger partial charge in [0, 0.05) is 45.7 Å². The van der Waals surface area contributed by atoms with E-state index in [9.17, 15) is 14.4 Å². The summed E-state index contributed by atoms with van der Waals surface area (Å²) in [7, 11) is 2.02. The summed E-state index contributed by atoms with van der Waals surface area (Å²) in [6, 6.07) is 8.71. The van der Waals surface area contributed by atoms with Crippen molar-refractivity contribution < 1.29 is 19.2 Å². The Morgan fingerprint density at radius 2 is 1.84 bits per heavy atom. The molecular formula is C23H35N5O4. The van der Waals surface area contributed by atoms with E-state index in [1.807, 2.05) is 44.3 Å². The first kappa shape index (κ1) is 24.2. The van der Waals surface area contributed by atoms with Crippen LogP contribution < -0.4 is 11.2 Å². The van der Waals surface area contributed by atoms with E-state index in [2.05, 4.69) is 15.1 Å². The van der Waals surface area contributed by atoms with Crippen LogP contribution in [0.25, 0.3) is 0 Å². The van der Waals surface area contributed by atoms with Crippen molar-refractivity contribution >= 4 is 17.8 Å². The summed E-state index contributed by atoms with van der Waals surface area (Å²) in [5, 5.41) is 3.26. The van der Waals surface area contributed by atoms with E-state index in [0.29, 0.717) is 32.6 Å². The van der Waals surface area contributed by atoms with Crippen molar-refractivity contribution in [1.82, 2.24) is 20.0 Å². The Kier molecular flexibility index (Phi) is 8.22. The quantitative estimate of drug-likeness (QED) is 0.433. The van der Waals surface area contributed by atoms with Crippen molar-refractivity contribution in [3.8, 4) is 0 Å². The SMILES string of the molecule is CCCCC(C(=O)ON)N1CCNC(Cc2ccccc2)(C(=O)N2CCN(C)CC2)C1=O. The van der Waals surface area contributed by atoms with Crippen LogP contribution in [0.1, 0.15) is 31.7 Å². The predicted molar refractivity (Wildman–Crippen MR) is 120 cm³/mol. The summed E-state index contributed by atoms with van der Waals surface area (Å²) < 4.78 is 0. The van der Waals surface area contributed by atoms with Crippen molar-refractivity contribution in [3.63, 3.8) is 0 Å². The Balaban J connectivity index is 1.96. The molecule has 3 N–H and O–H groups in total. The first-order chi connectivity index (χ1) is 15.4. The highest BCUT2D eigenvalue weighted by Gasteiger charge is 2.54. The van der Waals surface area contributed by atoms with Crippen molar-refractivity contribution in [2.24, 2.45) is 5.90 Å². The lowest BCUT2D eigenvalue weighted by Crippen LogP contribution is -2.74. The summed E-state index contributed by atoms with van der Waals surface area (Å²) >= 11 is 0. The van der Waals surface area contributed by atoms with Gasteiger partial charge in [0.15, 0.2) is 5.54 Å². The van der Waals surface area contributed by atoms with E-state index in [0.717, 1.165) is 31.5 Å². The van der Waals surface area contributed by atoms with Gasteiger partial charge in [-0.3, -0.25) is 14.9 Å². The molecular weight excluding hydrogens is 410 g/mol. The molecule has 0 spiro atoms. The van der Waals surface area contributed by atoms with Crippen LogP contribution in [-0.2, 0) is 25.6 Å². The Hall–Kier alpha value is -2.49. The molecule has 2 aliphatic rings. The van der Waals surface area contributed by atoms with Crippen molar-refractivity contribution in [2.45, 2.75) is 44.2 Å². The van der Waals surface area contributed by atoms with E-state index < -0.39 is 17.6 Å². The maximum Gasteiger partial charge on any atom is 0.347 e. The van der Waals surface area contributed by atoms with Crippen LogP contribution in [0.5, 0.6) is 0 Å². The minimum absolute atomic E-state index is 0.215. The zero-order valence-electron chi connectivity index (χ0n) is 19.1. The molecule has 2 heterocycles. The average Bonchev–Trinajstić information content (AvgIpc) is 2.82. The number of rotatable bonds is 8. The third kappa shape index (κ3) is 5.11. The van der Waals surface area contributed by atoms with E-state index in [1.54, 1.807) is 4.90 Å². The Morgan fingerprint density at radius 3 is 2.47 bits per heavy atom. The molecule has 0 radical (unpaired) electrons. The highest BCUT2D eigenvalue weighted by atomic mass is 16.7. The summed E-state index contributed by atoms with van der Waals surface area (Å²) in [4.78, 5) is 50.3. The number of piperazine rings is 2. The number of likely N-dealkylation sites (N-methyl/N-ethyl adjacent to an activating group) is 1. The van der Waals surface area contributed by atoms with Crippen LogP contribution in [0.15, 0.2) is 30.3 Å². The Labute approximate surface area is 189 Å². The summed E-state index contributed by atoms with van der Waals surface area (Å²) in [5.41, 5.74) is -0.585. The number of unbranched alkanes of at least 4 members (excludes halogenated alkanes) is 1. The fourth-order valence-electron chi connectivity index (χ4n) is 4.55. The zero-order valence-corrected chi connectivity index (χ0v) is 19.1. The summed E-state index contributed by atoms with van der Waals surface area (Å²) in [6.45, 7) is 5.36. The summed E-state index contributed by atoms with van der Waals surface area (Å²) in [5.74, 6) is 3.93. The number of hydrogen-bond acceptors (Lipinski definition) is 7. The molecule has 0 aromatic heterocycles. The van der Waals surface area contributed by atoms with Crippen LogP contribution in [0.4, 0.5) is 0 Å². The molecule has 2 saturated heterocycles. The minimum atomic E-state index is -1.46. The van der Waals surface area contributed by atoms with Gasteiger partial charge in [-0.2, -0.15) is 5.90 Å². The molecule has 0 saturated carbocycles. The summed E-state index contributed by atoms with van der Waals surface area (Å²) in [6.07, 6.45) is 2.27. The molecule has 1 aromatic carbocycles. The number of nitrogens with two attached hydrogens (primary N) is 1. The number of carbonyl (C=O) groups is 3. The number of nitrogens with one attached hydrogen (secondary N) is 1. The topological polar surface area (TPSA) is 108 Å². The molecule has 2 atom stereocenters. The lowest BCUT2D eigenvalue weighted by molar-refractivity contribution is -0.165. The molecule has 2 amide bonds. The van der Waals surface area contributed by atoms with Crippen molar-refractivity contribution in [1.29, 1.82) is 0 Å². The van der Waals surface area contributed by atoms with E-state index in [-0.39, 0.29) is 18.2 Å². The molecule has 0 aliphatic carbocycles. The van der Waals surface area contributed by atoms with Gasteiger partial charge in [-0.15, -0.1) is 0 Å². The standard InChI is InChI=1S/C23H35N5O4/c1-3-4-10-19(20(29)32-24)28-12-11-25-23(22(28)31,17-18-8-6-5-7-9-18)21(30)27-15-13-26(2)14-16-27/h5-9,19,25H,3-4,10-17,24H2,1-2H3. The second-order valence-corrected chi connectivity index (χ2v) is 8.68. The zero-order chi connectivity index (χ0) is 23.1. The van der Waals surface area contributed by atoms with Gasteiger partial charge in [0.25, 0.3) is 11.8 Å². The first-order valence-electron chi connectivity index (χ1n) is 11.4. The average molecular weight is 446 g/mol. The van der Waals surface area contributed by atoms with Gasteiger partial charge < -0.3 is 19.5 Å². The lowest BCUT2D eigenvalue weighted by Gasteiger charge is -2.46. The molecule has 9 nitrogen and oxygen atoms in total. The van der Waals surface area contributed by atoms with Crippen LogP contribution in [0.3, 0.4) is 0 Å². The molecule has 1 aromatic rings. The molecule has 2 aliphatic heterocycles. The van der Waals surface area contributed by atoms with Gasteiger partial charge in [-0.05, 0) is 19.0 Å². The second-order valence-electron chi connectivity index (χ2n) is 8.68. The maximum absolute atomic E-state index is 14.0. The molecule has 2 fully saturated rings. The highest BCUT2D eigenvalue weighted by molar-refractivity contribution is 6.11. The van der Waals surface area contributed by atoms with Gasteiger partial charge in [0.2, 0.25) is 0 Å². The fraction of sp³-hybridized carbons (Fsp3) is 0.609. The van der Waals surface area contributed by atoms with Crippen molar-refractivity contribution in [2.75, 3.05) is 46.3 Å². The molecule has 2 unspecified atom stereocenters. The third-order valence-corrected chi connectivity index (χ3v) is 6.47. The highest BCUT2D eigenvalue weighted by Crippen LogP contribution is 2.26. The molecule has 0 bridgehead atoms. The number of amides is 2. The van der Waals surface area contributed by atoms with Gasteiger partial charge in [-0.25, -0.2) is 4.79 Å². The second kappa shape index (κ2) is 10.9. The number of nitrogens with zero attached hydrogens (tertiary/aromatic N) is 3. The molecule has 32 heavy (non-hydrogen) atoms. The van der Waals surface area contributed by atoms with Crippen LogP contribution in [-0.4, -0.2) is 90.4 Å². The van der Waals surface area contributed by atoms with Crippen molar-refractivity contribution in [3.05, 3.63) is 35.9 Å². The first-order valence-corrected chi connectivity index (χ1v) is 11.4. The monoisotopic (exact) mass is 445 g/mol. The van der Waals surface area contributed by atoms with Crippen LogP contribution in [0, 0.1) is 0 Å². The normalized spacial score (nSPS) is 23.2. The Morgan fingerprint density at radius 1 is 1.16 bits per heavy atom.